The Balaban J connectivity index is 1.99. The van der Waals surface area contributed by atoms with Gasteiger partial charge in [-0.15, -0.1) is 11.8 Å². The van der Waals surface area contributed by atoms with Gasteiger partial charge in [-0.2, -0.15) is 0 Å². The number of ether oxygens (including phenoxy) is 2. The zero-order valence-electron chi connectivity index (χ0n) is 16.7. The molecule has 0 radical (unpaired) electrons. The highest BCUT2D eigenvalue weighted by molar-refractivity contribution is 6.07. The first kappa shape index (κ1) is 21.3. The maximum absolute atomic E-state index is 12.6. The molecule has 0 aliphatic heterocycles. The lowest BCUT2D eigenvalue weighted by atomic mass is 10.1. The predicted octanol–water partition coefficient (Wildman–Crippen LogP) is 3.94. The number of hydrogen-bond acceptors (Lipinski definition) is 5. The molecule has 0 atom stereocenters. The Hall–Kier alpha value is -3.04. The van der Waals surface area contributed by atoms with E-state index in [2.05, 4.69) is 22.1 Å². The summed E-state index contributed by atoms with van der Waals surface area (Å²) in [5, 5.41) is 2.84. The van der Waals surface area contributed by atoms with E-state index < -0.39 is 0 Å². The lowest BCUT2D eigenvalue weighted by Crippen LogP contribution is -2.16. The molecule has 0 bridgehead atoms. The number of methoxy groups -OCH3 is 1. The molecule has 0 saturated carbocycles. The van der Waals surface area contributed by atoms with Crippen molar-refractivity contribution in [2.24, 2.45) is 0 Å². The Morgan fingerprint density at radius 1 is 1.29 bits per heavy atom. The summed E-state index contributed by atoms with van der Waals surface area (Å²) in [6.45, 7) is 4.83. The van der Waals surface area contributed by atoms with Crippen LogP contribution in [0, 0.1) is 18.8 Å². The number of aryl methyl sites for hydroxylation is 1. The van der Waals surface area contributed by atoms with E-state index in [1.807, 2.05) is 26.0 Å². The van der Waals surface area contributed by atoms with Crippen LogP contribution in [0.2, 0.25) is 0 Å². The number of pyridine rings is 1. The molecule has 148 valence electrons. The number of amides is 1. The second kappa shape index (κ2) is 11.0. The Morgan fingerprint density at radius 3 is 2.86 bits per heavy atom. The lowest BCUT2D eigenvalue weighted by Gasteiger charge is -2.12. The summed E-state index contributed by atoms with van der Waals surface area (Å²) in [5.74, 6) is 6.68. The van der Waals surface area contributed by atoms with E-state index in [1.54, 1.807) is 25.3 Å². The van der Waals surface area contributed by atoms with E-state index in [0.29, 0.717) is 30.2 Å². The third-order valence-corrected chi connectivity index (χ3v) is 3.98. The largest absolute Gasteiger partial charge is 0.493 e. The highest BCUT2D eigenvalue weighted by Crippen LogP contribution is 2.21. The Morgan fingerprint density at radius 2 is 2.11 bits per heavy atom. The van der Waals surface area contributed by atoms with Gasteiger partial charge in [0.1, 0.15) is 11.6 Å². The number of benzene rings is 1. The average Bonchev–Trinajstić information content (AvgIpc) is 2.67. The summed E-state index contributed by atoms with van der Waals surface area (Å²) in [7, 11) is 1.59. The summed E-state index contributed by atoms with van der Waals surface area (Å²) >= 11 is 0. The molecule has 6 heteroatoms. The maximum atomic E-state index is 12.6. The standard InChI is InChI=1S/C22H27N3O3/c1-4-5-6-7-8-12-28-18-11-9-10-17(14-18)24-22(26)19-13-16(2)20(15-27-3)25-21(19)23/h9-11,13-14H,4,7-8,12,15H2,1-3H3,(H2,23,25)(H,24,26). The highest BCUT2D eigenvalue weighted by Gasteiger charge is 2.14. The zero-order valence-corrected chi connectivity index (χ0v) is 16.7. The van der Waals surface area contributed by atoms with Crippen molar-refractivity contribution in [1.82, 2.24) is 4.98 Å². The van der Waals surface area contributed by atoms with E-state index in [9.17, 15) is 4.79 Å². The minimum Gasteiger partial charge on any atom is -0.493 e. The quantitative estimate of drug-likeness (QED) is 0.534. The van der Waals surface area contributed by atoms with Crippen LogP contribution in [0.1, 0.15) is 47.8 Å². The van der Waals surface area contributed by atoms with Gasteiger partial charge in [0.2, 0.25) is 0 Å². The first-order valence-corrected chi connectivity index (χ1v) is 9.30. The fourth-order valence-electron chi connectivity index (χ4n) is 2.56. The molecule has 6 nitrogen and oxygen atoms in total. The number of nitrogens with one attached hydrogen (secondary N) is 1. The van der Waals surface area contributed by atoms with Gasteiger partial charge in [0, 0.05) is 31.7 Å². The monoisotopic (exact) mass is 381 g/mol. The van der Waals surface area contributed by atoms with Gasteiger partial charge in [-0.1, -0.05) is 13.0 Å². The molecule has 2 aromatic rings. The van der Waals surface area contributed by atoms with Crippen molar-refractivity contribution in [2.75, 3.05) is 24.8 Å². The van der Waals surface area contributed by atoms with Gasteiger partial charge < -0.3 is 20.5 Å². The van der Waals surface area contributed by atoms with E-state index >= 15 is 0 Å². The van der Waals surface area contributed by atoms with E-state index in [1.165, 1.54) is 0 Å². The number of unbranched alkanes of at least 4 members (excludes halogenated alkanes) is 1. The SMILES string of the molecule is CCC#CCCCOc1cccc(NC(=O)c2cc(C)c(COC)nc2N)c1. The molecule has 2 rings (SSSR count). The summed E-state index contributed by atoms with van der Waals surface area (Å²) in [6.07, 6.45) is 2.55. The van der Waals surface area contributed by atoms with Crippen LogP contribution in [-0.2, 0) is 11.3 Å². The molecule has 1 heterocycles. The zero-order chi connectivity index (χ0) is 20.4. The highest BCUT2D eigenvalue weighted by atomic mass is 16.5. The maximum Gasteiger partial charge on any atom is 0.259 e. The van der Waals surface area contributed by atoms with Crippen LogP contribution in [0.15, 0.2) is 30.3 Å². The van der Waals surface area contributed by atoms with Gasteiger partial charge in [-0.25, -0.2) is 4.98 Å². The average molecular weight is 381 g/mol. The third kappa shape index (κ3) is 6.29. The van der Waals surface area contributed by atoms with Gasteiger partial charge in [0.15, 0.2) is 0 Å². The van der Waals surface area contributed by atoms with Crippen molar-refractivity contribution >= 4 is 17.4 Å². The second-order valence-electron chi connectivity index (χ2n) is 6.26. The Bertz CT molecular complexity index is 869. The van der Waals surface area contributed by atoms with E-state index in [-0.39, 0.29) is 11.7 Å². The first-order valence-electron chi connectivity index (χ1n) is 9.30. The Kier molecular flexibility index (Phi) is 8.32. The van der Waals surface area contributed by atoms with Crippen molar-refractivity contribution in [2.45, 2.75) is 39.7 Å². The summed E-state index contributed by atoms with van der Waals surface area (Å²) in [4.78, 5) is 16.9. The molecule has 0 saturated heterocycles. The van der Waals surface area contributed by atoms with Gasteiger partial charge in [-0.05, 0) is 37.1 Å². The van der Waals surface area contributed by atoms with Crippen LogP contribution in [0.25, 0.3) is 0 Å². The lowest BCUT2D eigenvalue weighted by molar-refractivity contribution is 0.102. The van der Waals surface area contributed by atoms with E-state index in [4.69, 9.17) is 15.2 Å². The van der Waals surface area contributed by atoms with Crippen molar-refractivity contribution in [3.05, 3.63) is 47.2 Å². The second-order valence-corrected chi connectivity index (χ2v) is 6.26. The number of anilines is 2. The number of nitrogens with two attached hydrogens (primary N) is 1. The number of nitrogen functional groups attached to an aromatic ring is 1. The normalized spacial score (nSPS) is 10.1. The van der Waals surface area contributed by atoms with Crippen LogP contribution in [0.3, 0.4) is 0 Å². The van der Waals surface area contributed by atoms with Gasteiger partial charge >= 0.3 is 0 Å². The molecule has 3 N–H and O–H groups in total. The fraction of sp³-hybridized carbons (Fsp3) is 0.364. The summed E-state index contributed by atoms with van der Waals surface area (Å²) in [6, 6.07) is 8.99. The molecular weight excluding hydrogens is 354 g/mol. The van der Waals surface area contributed by atoms with Crippen molar-refractivity contribution in [3.8, 4) is 17.6 Å². The topological polar surface area (TPSA) is 86.5 Å². The molecule has 0 spiro atoms. The molecule has 0 aliphatic carbocycles. The number of rotatable bonds is 8. The number of carbonyl (C=O) groups is 1. The minimum atomic E-state index is -0.316. The van der Waals surface area contributed by atoms with Crippen LogP contribution in [-0.4, -0.2) is 24.6 Å². The van der Waals surface area contributed by atoms with Gasteiger partial charge in [0.25, 0.3) is 5.91 Å². The molecule has 0 unspecified atom stereocenters. The third-order valence-electron chi connectivity index (χ3n) is 3.98. The van der Waals surface area contributed by atoms with Crippen LogP contribution in [0.4, 0.5) is 11.5 Å². The molecule has 0 fully saturated rings. The first-order chi connectivity index (χ1) is 13.5. The van der Waals surface area contributed by atoms with Crippen LogP contribution in [0.5, 0.6) is 5.75 Å². The number of hydrogen-bond donors (Lipinski definition) is 2. The molecular formula is C22H27N3O3. The number of aromatic nitrogens is 1. The smallest absolute Gasteiger partial charge is 0.259 e. The molecule has 0 aliphatic rings. The molecule has 1 amide bonds. The predicted molar refractivity (Wildman–Crippen MR) is 111 cm³/mol. The molecule has 1 aromatic carbocycles. The van der Waals surface area contributed by atoms with Gasteiger partial charge in [-0.3, -0.25) is 4.79 Å². The van der Waals surface area contributed by atoms with Crippen molar-refractivity contribution in [3.63, 3.8) is 0 Å². The molecule has 28 heavy (non-hydrogen) atoms. The van der Waals surface area contributed by atoms with Gasteiger partial charge in [0.05, 0.1) is 24.5 Å². The van der Waals surface area contributed by atoms with Crippen LogP contribution < -0.4 is 15.8 Å². The number of carbonyl (C=O) groups excluding carboxylic acids is 1. The van der Waals surface area contributed by atoms with Crippen LogP contribution >= 0.6 is 0 Å². The molecule has 1 aromatic heterocycles. The minimum absolute atomic E-state index is 0.177. The van der Waals surface area contributed by atoms with Crippen molar-refractivity contribution in [1.29, 1.82) is 0 Å². The summed E-state index contributed by atoms with van der Waals surface area (Å²) < 4.78 is 10.8. The van der Waals surface area contributed by atoms with Crippen molar-refractivity contribution < 1.29 is 14.3 Å². The number of nitrogens with zero attached hydrogens (tertiary/aromatic N) is 1. The summed E-state index contributed by atoms with van der Waals surface area (Å²) in [5.41, 5.74) is 8.49. The Labute approximate surface area is 166 Å². The fourth-order valence-corrected chi connectivity index (χ4v) is 2.56. The van der Waals surface area contributed by atoms with E-state index in [0.717, 1.165) is 30.5 Å².